The maximum atomic E-state index is 10.8. The summed E-state index contributed by atoms with van der Waals surface area (Å²) in [6.07, 6.45) is 2.86. The van der Waals surface area contributed by atoms with Gasteiger partial charge in [-0.1, -0.05) is 6.07 Å². The fourth-order valence-corrected chi connectivity index (χ4v) is 1.39. The molecule has 5 heteroatoms. The van der Waals surface area contributed by atoms with Crippen LogP contribution in [-0.4, -0.2) is 28.2 Å². The largest absolute Gasteiger partial charge is 0.481 e. The summed E-state index contributed by atoms with van der Waals surface area (Å²) in [5.41, 5.74) is 1.40. The SMILES string of the molecule is COc1cccc(-c2cncc(C(=O)O)c2)n1. The molecule has 0 radical (unpaired) electrons. The number of carbonyl (C=O) groups is 1. The summed E-state index contributed by atoms with van der Waals surface area (Å²) in [4.78, 5) is 18.9. The van der Waals surface area contributed by atoms with Gasteiger partial charge in [0.1, 0.15) is 0 Å². The third-order valence-electron chi connectivity index (χ3n) is 2.21. The van der Waals surface area contributed by atoms with Crippen LogP contribution in [0, 0.1) is 0 Å². The maximum absolute atomic E-state index is 10.8. The van der Waals surface area contributed by atoms with Gasteiger partial charge in [0.15, 0.2) is 0 Å². The standard InChI is InChI=1S/C12H10N2O3/c1-17-11-4-2-3-10(14-11)8-5-9(12(15)16)7-13-6-8/h2-7H,1H3,(H,15,16). The van der Waals surface area contributed by atoms with Gasteiger partial charge in [0.25, 0.3) is 0 Å². The first-order valence-electron chi connectivity index (χ1n) is 4.90. The molecular weight excluding hydrogens is 220 g/mol. The highest BCUT2D eigenvalue weighted by molar-refractivity contribution is 5.88. The van der Waals surface area contributed by atoms with E-state index in [1.807, 2.05) is 0 Å². The summed E-state index contributed by atoms with van der Waals surface area (Å²) < 4.78 is 5.01. The van der Waals surface area contributed by atoms with E-state index in [-0.39, 0.29) is 5.56 Å². The van der Waals surface area contributed by atoms with E-state index < -0.39 is 5.97 Å². The second-order valence-corrected chi connectivity index (χ2v) is 3.33. The normalized spacial score (nSPS) is 9.94. The van der Waals surface area contributed by atoms with Crippen LogP contribution in [0.4, 0.5) is 0 Å². The van der Waals surface area contributed by atoms with Gasteiger partial charge in [-0.15, -0.1) is 0 Å². The van der Waals surface area contributed by atoms with Gasteiger partial charge in [-0.3, -0.25) is 4.98 Å². The lowest BCUT2D eigenvalue weighted by molar-refractivity contribution is 0.0696. The van der Waals surface area contributed by atoms with E-state index in [4.69, 9.17) is 9.84 Å². The van der Waals surface area contributed by atoms with Gasteiger partial charge in [0.2, 0.25) is 5.88 Å². The second kappa shape index (κ2) is 4.61. The van der Waals surface area contributed by atoms with Crippen LogP contribution in [0.25, 0.3) is 11.3 Å². The Morgan fingerprint density at radius 1 is 1.35 bits per heavy atom. The summed E-state index contributed by atoms with van der Waals surface area (Å²) in [6.45, 7) is 0. The summed E-state index contributed by atoms with van der Waals surface area (Å²) >= 11 is 0. The Bertz CT molecular complexity index is 555. The number of nitrogens with zero attached hydrogens (tertiary/aromatic N) is 2. The van der Waals surface area contributed by atoms with Crippen molar-refractivity contribution < 1.29 is 14.6 Å². The Labute approximate surface area is 97.7 Å². The van der Waals surface area contributed by atoms with E-state index >= 15 is 0 Å². The Balaban J connectivity index is 2.45. The lowest BCUT2D eigenvalue weighted by Crippen LogP contribution is -1.98. The minimum absolute atomic E-state index is 0.132. The smallest absolute Gasteiger partial charge is 0.337 e. The topological polar surface area (TPSA) is 72.3 Å². The van der Waals surface area contributed by atoms with Crippen molar-refractivity contribution in [2.45, 2.75) is 0 Å². The van der Waals surface area contributed by atoms with E-state index in [0.29, 0.717) is 17.1 Å². The van der Waals surface area contributed by atoms with Crippen molar-refractivity contribution in [3.05, 3.63) is 42.2 Å². The van der Waals surface area contributed by atoms with E-state index in [2.05, 4.69) is 9.97 Å². The summed E-state index contributed by atoms with van der Waals surface area (Å²) in [7, 11) is 1.53. The first-order chi connectivity index (χ1) is 8.20. The number of hydrogen-bond donors (Lipinski definition) is 1. The Kier molecular flexibility index (Phi) is 3.00. The minimum atomic E-state index is -1.01. The summed E-state index contributed by atoms with van der Waals surface area (Å²) in [5.74, 6) is -0.537. The zero-order valence-corrected chi connectivity index (χ0v) is 9.12. The molecule has 2 aromatic heterocycles. The third kappa shape index (κ3) is 2.39. The number of pyridine rings is 2. The summed E-state index contributed by atoms with van der Waals surface area (Å²) in [5, 5.41) is 8.87. The third-order valence-corrected chi connectivity index (χ3v) is 2.21. The van der Waals surface area contributed by atoms with E-state index in [9.17, 15) is 4.79 Å². The van der Waals surface area contributed by atoms with Crippen molar-refractivity contribution in [2.75, 3.05) is 7.11 Å². The van der Waals surface area contributed by atoms with Gasteiger partial charge in [0, 0.05) is 24.0 Å². The number of ether oxygens (including phenoxy) is 1. The molecule has 0 atom stereocenters. The maximum Gasteiger partial charge on any atom is 0.337 e. The van der Waals surface area contributed by atoms with E-state index in [1.54, 1.807) is 24.4 Å². The van der Waals surface area contributed by atoms with Crippen LogP contribution in [0.2, 0.25) is 0 Å². The van der Waals surface area contributed by atoms with E-state index in [0.717, 1.165) is 0 Å². The van der Waals surface area contributed by atoms with Crippen molar-refractivity contribution in [2.24, 2.45) is 0 Å². The number of aromatic nitrogens is 2. The first kappa shape index (κ1) is 11.1. The van der Waals surface area contributed by atoms with Gasteiger partial charge in [0.05, 0.1) is 18.4 Å². The molecule has 2 rings (SSSR count). The average Bonchev–Trinajstić information content (AvgIpc) is 2.39. The molecule has 0 fully saturated rings. The minimum Gasteiger partial charge on any atom is -0.481 e. The monoisotopic (exact) mass is 230 g/mol. The van der Waals surface area contributed by atoms with Crippen molar-refractivity contribution in [1.82, 2.24) is 9.97 Å². The average molecular weight is 230 g/mol. The first-order valence-corrected chi connectivity index (χ1v) is 4.90. The molecule has 0 amide bonds. The molecule has 2 heterocycles. The Morgan fingerprint density at radius 3 is 2.88 bits per heavy atom. The van der Waals surface area contributed by atoms with Gasteiger partial charge in [-0.2, -0.15) is 0 Å². The number of rotatable bonds is 3. The van der Waals surface area contributed by atoms with Gasteiger partial charge >= 0.3 is 5.97 Å². The van der Waals surface area contributed by atoms with Crippen LogP contribution < -0.4 is 4.74 Å². The lowest BCUT2D eigenvalue weighted by atomic mass is 10.1. The van der Waals surface area contributed by atoms with Crippen molar-refractivity contribution in [1.29, 1.82) is 0 Å². The van der Waals surface area contributed by atoms with Crippen LogP contribution in [-0.2, 0) is 0 Å². The van der Waals surface area contributed by atoms with Gasteiger partial charge in [-0.25, -0.2) is 9.78 Å². The molecule has 0 unspecified atom stereocenters. The fraction of sp³-hybridized carbons (Fsp3) is 0.0833. The van der Waals surface area contributed by atoms with Crippen LogP contribution >= 0.6 is 0 Å². The molecule has 2 aromatic rings. The number of aromatic carboxylic acids is 1. The van der Waals surface area contributed by atoms with Crippen LogP contribution in [0.15, 0.2) is 36.7 Å². The second-order valence-electron chi connectivity index (χ2n) is 3.33. The zero-order valence-electron chi connectivity index (χ0n) is 9.12. The predicted molar refractivity (Wildman–Crippen MR) is 61.0 cm³/mol. The number of carboxylic acids is 1. The molecule has 0 saturated carbocycles. The van der Waals surface area contributed by atoms with Crippen molar-refractivity contribution in [3.8, 4) is 17.1 Å². The molecule has 86 valence electrons. The van der Waals surface area contributed by atoms with Crippen molar-refractivity contribution in [3.63, 3.8) is 0 Å². The molecule has 1 N–H and O–H groups in total. The van der Waals surface area contributed by atoms with Crippen LogP contribution in [0.5, 0.6) is 5.88 Å². The number of hydrogen-bond acceptors (Lipinski definition) is 4. The molecule has 0 aliphatic carbocycles. The van der Waals surface area contributed by atoms with Crippen LogP contribution in [0.3, 0.4) is 0 Å². The van der Waals surface area contributed by atoms with Crippen LogP contribution in [0.1, 0.15) is 10.4 Å². The molecule has 0 aliphatic heterocycles. The summed E-state index contributed by atoms with van der Waals surface area (Å²) in [6, 6.07) is 6.80. The van der Waals surface area contributed by atoms with E-state index in [1.165, 1.54) is 19.4 Å². The molecule has 0 spiro atoms. The van der Waals surface area contributed by atoms with Crippen molar-refractivity contribution >= 4 is 5.97 Å². The molecule has 17 heavy (non-hydrogen) atoms. The highest BCUT2D eigenvalue weighted by Gasteiger charge is 2.07. The highest BCUT2D eigenvalue weighted by atomic mass is 16.5. The molecule has 5 nitrogen and oxygen atoms in total. The zero-order chi connectivity index (χ0) is 12.3. The quantitative estimate of drug-likeness (QED) is 0.871. The molecule has 0 bridgehead atoms. The molecular formula is C12H10N2O3. The predicted octanol–water partition coefficient (Wildman–Crippen LogP) is 1.85. The molecule has 0 aromatic carbocycles. The number of methoxy groups -OCH3 is 1. The van der Waals surface area contributed by atoms with Gasteiger partial charge < -0.3 is 9.84 Å². The molecule has 0 aliphatic rings. The number of carboxylic acid groups (broad SMARTS) is 1. The highest BCUT2D eigenvalue weighted by Crippen LogP contribution is 2.19. The molecule has 0 saturated heterocycles. The van der Waals surface area contributed by atoms with Gasteiger partial charge in [-0.05, 0) is 12.1 Å². The Morgan fingerprint density at radius 2 is 2.18 bits per heavy atom. The fourth-order valence-electron chi connectivity index (χ4n) is 1.39. The lowest BCUT2D eigenvalue weighted by Gasteiger charge is -2.03. The Hall–Kier alpha value is -2.43.